The van der Waals surface area contributed by atoms with Crippen molar-refractivity contribution in [3.63, 3.8) is 0 Å². The lowest BCUT2D eigenvalue weighted by molar-refractivity contribution is -0.150. The van der Waals surface area contributed by atoms with Crippen molar-refractivity contribution in [2.24, 2.45) is 5.41 Å². The molecular weight excluding hydrogens is 226 g/mol. The molecule has 0 aliphatic heterocycles. The van der Waals surface area contributed by atoms with Gasteiger partial charge in [0.05, 0.1) is 12.5 Å². The highest BCUT2D eigenvalue weighted by Crippen LogP contribution is 2.16. The van der Waals surface area contributed by atoms with Crippen LogP contribution in [0.1, 0.15) is 30.5 Å². The van der Waals surface area contributed by atoms with E-state index in [1.165, 1.54) is 23.8 Å². The van der Waals surface area contributed by atoms with E-state index in [0.717, 1.165) is 6.54 Å². The van der Waals surface area contributed by atoms with Gasteiger partial charge in [-0.2, -0.15) is 0 Å². The minimum Gasteiger partial charge on any atom is -0.469 e. The van der Waals surface area contributed by atoms with Crippen molar-refractivity contribution >= 4 is 5.97 Å². The van der Waals surface area contributed by atoms with Gasteiger partial charge in [-0.15, -0.1) is 0 Å². The first-order valence-corrected chi connectivity index (χ1v) is 6.22. The molecule has 1 aromatic rings. The largest absolute Gasteiger partial charge is 0.469 e. The first-order chi connectivity index (χ1) is 8.36. The summed E-state index contributed by atoms with van der Waals surface area (Å²) in [6, 6.07) is 6.40. The van der Waals surface area contributed by atoms with E-state index < -0.39 is 5.41 Å². The molecule has 0 heterocycles. The smallest absolute Gasteiger partial charge is 0.312 e. The number of methoxy groups -OCH3 is 1. The average molecular weight is 249 g/mol. The monoisotopic (exact) mass is 249 g/mol. The predicted molar refractivity (Wildman–Crippen MR) is 73.4 cm³/mol. The van der Waals surface area contributed by atoms with E-state index in [-0.39, 0.29) is 5.97 Å². The van der Waals surface area contributed by atoms with Gasteiger partial charge in [0.1, 0.15) is 0 Å². The Kier molecular flexibility index (Phi) is 4.91. The fraction of sp³-hybridized carbons (Fsp3) is 0.533. The van der Waals surface area contributed by atoms with Gasteiger partial charge in [0.2, 0.25) is 0 Å². The summed E-state index contributed by atoms with van der Waals surface area (Å²) in [4.78, 5) is 11.5. The molecule has 0 aromatic heterocycles. The Morgan fingerprint density at radius 1 is 1.33 bits per heavy atom. The van der Waals surface area contributed by atoms with Gasteiger partial charge in [-0.05, 0) is 38.8 Å². The molecule has 1 aromatic carbocycles. The van der Waals surface area contributed by atoms with Gasteiger partial charge in [-0.3, -0.25) is 4.79 Å². The number of carbonyl (C=O) groups is 1. The summed E-state index contributed by atoms with van der Waals surface area (Å²) in [5.74, 6) is -0.185. The van der Waals surface area contributed by atoms with Crippen LogP contribution in [0, 0.1) is 19.3 Å². The van der Waals surface area contributed by atoms with Crippen molar-refractivity contribution in [3.05, 3.63) is 34.9 Å². The highest BCUT2D eigenvalue weighted by atomic mass is 16.5. The maximum Gasteiger partial charge on any atom is 0.312 e. The highest BCUT2D eigenvalue weighted by Gasteiger charge is 2.27. The van der Waals surface area contributed by atoms with Gasteiger partial charge in [0.25, 0.3) is 0 Å². The predicted octanol–water partition coefficient (Wildman–Crippen LogP) is 2.59. The number of benzene rings is 1. The van der Waals surface area contributed by atoms with E-state index in [1.807, 2.05) is 13.8 Å². The lowest BCUT2D eigenvalue weighted by Crippen LogP contribution is -2.36. The minimum absolute atomic E-state index is 0.185. The highest BCUT2D eigenvalue weighted by molar-refractivity contribution is 5.76. The molecule has 0 saturated heterocycles. The molecule has 3 heteroatoms. The Balaban J connectivity index is 2.54. The average Bonchev–Trinajstić information content (AvgIpc) is 2.30. The van der Waals surface area contributed by atoms with Crippen molar-refractivity contribution in [1.82, 2.24) is 5.32 Å². The Morgan fingerprint density at radius 3 is 2.56 bits per heavy atom. The van der Waals surface area contributed by atoms with Crippen LogP contribution >= 0.6 is 0 Å². The van der Waals surface area contributed by atoms with E-state index in [0.29, 0.717) is 6.54 Å². The van der Waals surface area contributed by atoms with E-state index in [1.54, 1.807) is 0 Å². The zero-order valence-corrected chi connectivity index (χ0v) is 12.0. The molecule has 0 aliphatic rings. The Hall–Kier alpha value is -1.35. The molecule has 0 amide bonds. The maximum absolute atomic E-state index is 11.5. The Labute approximate surface area is 110 Å². The van der Waals surface area contributed by atoms with Crippen LogP contribution in [0.4, 0.5) is 0 Å². The summed E-state index contributed by atoms with van der Waals surface area (Å²) in [6.07, 6.45) is 0. The zero-order chi connectivity index (χ0) is 13.8. The van der Waals surface area contributed by atoms with Crippen LogP contribution in [0.2, 0.25) is 0 Å². The molecular formula is C15H23NO2. The summed E-state index contributed by atoms with van der Waals surface area (Å²) in [5, 5.41) is 3.32. The molecule has 0 spiro atoms. The number of ether oxygens (including phenoxy) is 1. The van der Waals surface area contributed by atoms with Gasteiger partial charge < -0.3 is 10.1 Å². The van der Waals surface area contributed by atoms with E-state index >= 15 is 0 Å². The summed E-state index contributed by atoms with van der Waals surface area (Å²) in [5.41, 5.74) is 3.32. The quantitative estimate of drug-likeness (QED) is 0.815. The topological polar surface area (TPSA) is 38.3 Å². The molecule has 18 heavy (non-hydrogen) atoms. The molecule has 3 nitrogen and oxygen atoms in total. The first kappa shape index (κ1) is 14.7. The zero-order valence-electron chi connectivity index (χ0n) is 12.0. The van der Waals surface area contributed by atoms with Crippen LogP contribution in [-0.2, 0) is 16.1 Å². The van der Waals surface area contributed by atoms with Crippen molar-refractivity contribution in [3.8, 4) is 0 Å². The van der Waals surface area contributed by atoms with Crippen LogP contribution in [-0.4, -0.2) is 19.6 Å². The molecule has 0 radical (unpaired) electrons. The molecule has 100 valence electrons. The van der Waals surface area contributed by atoms with Crippen molar-refractivity contribution < 1.29 is 9.53 Å². The van der Waals surface area contributed by atoms with Gasteiger partial charge in [0, 0.05) is 13.1 Å². The minimum atomic E-state index is -0.493. The molecule has 0 atom stereocenters. The number of rotatable bonds is 5. The molecule has 0 bridgehead atoms. The van der Waals surface area contributed by atoms with Gasteiger partial charge in [-0.1, -0.05) is 23.8 Å². The molecule has 1 N–H and O–H groups in total. The normalized spacial score (nSPS) is 11.4. The second-order valence-corrected chi connectivity index (χ2v) is 5.41. The third-order valence-corrected chi connectivity index (χ3v) is 3.12. The fourth-order valence-electron chi connectivity index (χ4n) is 1.90. The SMILES string of the molecule is COC(=O)C(C)(C)CNCc1ccc(C)cc1C. The van der Waals surface area contributed by atoms with E-state index in [4.69, 9.17) is 4.74 Å². The summed E-state index contributed by atoms with van der Waals surface area (Å²) in [6.45, 7) is 9.33. The van der Waals surface area contributed by atoms with Crippen LogP contribution in [0.5, 0.6) is 0 Å². The number of carbonyl (C=O) groups excluding carboxylic acids is 1. The third kappa shape index (κ3) is 3.84. The van der Waals surface area contributed by atoms with E-state index in [9.17, 15) is 4.79 Å². The maximum atomic E-state index is 11.5. The van der Waals surface area contributed by atoms with Crippen LogP contribution in [0.25, 0.3) is 0 Å². The number of esters is 1. The molecule has 0 fully saturated rings. The number of nitrogens with one attached hydrogen (secondary N) is 1. The third-order valence-electron chi connectivity index (χ3n) is 3.12. The molecule has 0 aliphatic carbocycles. The summed E-state index contributed by atoms with van der Waals surface area (Å²) >= 11 is 0. The lowest BCUT2D eigenvalue weighted by Gasteiger charge is -2.22. The Bertz CT molecular complexity index is 425. The summed E-state index contributed by atoms with van der Waals surface area (Å²) in [7, 11) is 1.42. The van der Waals surface area contributed by atoms with Gasteiger partial charge in [-0.25, -0.2) is 0 Å². The van der Waals surface area contributed by atoms with Crippen molar-refractivity contribution in [2.75, 3.05) is 13.7 Å². The first-order valence-electron chi connectivity index (χ1n) is 6.22. The second kappa shape index (κ2) is 6.01. The van der Waals surface area contributed by atoms with Gasteiger partial charge >= 0.3 is 5.97 Å². The number of hydrogen-bond acceptors (Lipinski definition) is 3. The van der Waals surface area contributed by atoms with E-state index in [2.05, 4.69) is 37.4 Å². The standard InChI is InChI=1S/C15H23NO2/c1-11-6-7-13(12(2)8-11)9-16-10-15(3,4)14(17)18-5/h6-8,16H,9-10H2,1-5H3. The molecule has 1 rings (SSSR count). The molecule has 0 unspecified atom stereocenters. The number of aryl methyl sites for hydroxylation is 2. The fourth-order valence-corrected chi connectivity index (χ4v) is 1.90. The van der Waals surface area contributed by atoms with Crippen molar-refractivity contribution in [2.45, 2.75) is 34.2 Å². The van der Waals surface area contributed by atoms with Gasteiger partial charge in [0.15, 0.2) is 0 Å². The van der Waals surface area contributed by atoms with Crippen LogP contribution in [0.15, 0.2) is 18.2 Å². The Morgan fingerprint density at radius 2 is 2.00 bits per heavy atom. The van der Waals surface area contributed by atoms with Crippen LogP contribution in [0.3, 0.4) is 0 Å². The summed E-state index contributed by atoms with van der Waals surface area (Å²) < 4.78 is 4.78. The number of hydrogen-bond donors (Lipinski definition) is 1. The second-order valence-electron chi connectivity index (χ2n) is 5.41. The van der Waals surface area contributed by atoms with Crippen LogP contribution < -0.4 is 5.32 Å². The molecule has 0 saturated carbocycles. The lowest BCUT2D eigenvalue weighted by atomic mass is 9.93. The van der Waals surface area contributed by atoms with Crippen molar-refractivity contribution in [1.29, 1.82) is 0 Å².